The SMILES string of the molecule is CC(C)C[C@H](N)C(=O)NC[C@H]1CCCO1. The quantitative estimate of drug-likeness (QED) is 0.706. The van der Waals surface area contributed by atoms with E-state index in [-0.39, 0.29) is 18.1 Å². The Morgan fingerprint density at radius 3 is 2.87 bits per heavy atom. The van der Waals surface area contributed by atoms with Crippen molar-refractivity contribution >= 4 is 5.91 Å². The van der Waals surface area contributed by atoms with Crippen molar-refractivity contribution in [1.82, 2.24) is 5.32 Å². The fraction of sp³-hybridized carbons (Fsp3) is 0.909. The standard InChI is InChI=1S/C11H22N2O2/c1-8(2)6-10(12)11(14)13-7-9-4-3-5-15-9/h8-10H,3-7,12H2,1-2H3,(H,13,14)/t9-,10+/m1/s1. The summed E-state index contributed by atoms with van der Waals surface area (Å²) in [6.07, 6.45) is 3.07. The Bertz CT molecular complexity index is 201. The van der Waals surface area contributed by atoms with Crippen LogP contribution in [0.5, 0.6) is 0 Å². The van der Waals surface area contributed by atoms with Gasteiger partial charge in [-0.2, -0.15) is 0 Å². The van der Waals surface area contributed by atoms with Gasteiger partial charge in [-0.05, 0) is 25.2 Å². The summed E-state index contributed by atoms with van der Waals surface area (Å²) >= 11 is 0. The molecule has 0 spiro atoms. The van der Waals surface area contributed by atoms with Crippen molar-refractivity contribution in [3.63, 3.8) is 0 Å². The maximum Gasteiger partial charge on any atom is 0.237 e. The molecule has 4 heteroatoms. The lowest BCUT2D eigenvalue weighted by atomic mass is 10.0. The molecule has 88 valence electrons. The smallest absolute Gasteiger partial charge is 0.237 e. The molecule has 0 bridgehead atoms. The van der Waals surface area contributed by atoms with Gasteiger partial charge < -0.3 is 15.8 Å². The highest BCUT2D eigenvalue weighted by Gasteiger charge is 2.19. The van der Waals surface area contributed by atoms with Crippen molar-refractivity contribution in [2.24, 2.45) is 11.7 Å². The molecule has 1 amide bonds. The molecule has 1 saturated heterocycles. The van der Waals surface area contributed by atoms with E-state index in [1.807, 2.05) is 0 Å². The van der Waals surface area contributed by atoms with E-state index >= 15 is 0 Å². The molecular weight excluding hydrogens is 192 g/mol. The van der Waals surface area contributed by atoms with E-state index in [2.05, 4.69) is 19.2 Å². The third-order valence-electron chi connectivity index (χ3n) is 2.59. The lowest BCUT2D eigenvalue weighted by Crippen LogP contribution is -2.43. The fourth-order valence-electron chi connectivity index (χ4n) is 1.77. The highest BCUT2D eigenvalue weighted by Crippen LogP contribution is 2.10. The van der Waals surface area contributed by atoms with Crippen molar-refractivity contribution in [1.29, 1.82) is 0 Å². The van der Waals surface area contributed by atoms with Crippen LogP contribution in [0.1, 0.15) is 33.1 Å². The van der Waals surface area contributed by atoms with Gasteiger partial charge in [-0.15, -0.1) is 0 Å². The van der Waals surface area contributed by atoms with Crippen molar-refractivity contribution in [3.05, 3.63) is 0 Å². The molecule has 0 unspecified atom stereocenters. The van der Waals surface area contributed by atoms with Gasteiger partial charge in [0.05, 0.1) is 12.1 Å². The van der Waals surface area contributed by atoms with Gasteiger partial charge in [-0.1, -0.05) is 13.8 Å². The predicted molar refractivity (Wildman–Crippen MR) is 59.4 cm³/mol. The largest absolute Gasteiger partial charge is 0.376 e. The van der Waals surface area contributed by atoms with Crippen LogP contribution in [0.4, 0.5) is 0 Å². The molecule has 3 N–H and O–H groups in total. The molecule has 1 aliphatic rings. The molecule has 1 heterocycles. The van der Waals surface area contributed by atoms with Gasteiger partial charge in [0, 0.05) is 13.2 Å². The summed E-state index contributed by atoms with van der Waals surface area (Å²) in [5.41, 5.74) is 5.75. The molecule has 15 heavy (non-hydrogen) atoms. The Morgan fingerprint density at radius 2 is 2.33 bits per heavy atom. The molecule has 1 fully saturated rings. The van der Waals surface area contributed by atoms with Gasteiger partial charge >= 0.3 is 0 Å². The van der Waals surface area contributed by atoms with E-state index in [1.54, 1.807) is 0 Å². The number of ether oxygens (including phenoxy) is 1. The summed E-state index contributed by atoms with van der Waals surface area (Å²) in [5.74, 6) is 0.396. The number of hydrogen-bond acceptors (Lipinski definition) is 3. The first kappa shape index (κ1) is 12.5. The Balaban J connectivity index is 2.16. The summed E-state index contributed by atoms with van der Waals surface area (Å²) < 4.78 is 5.41. The molecule has 1 aliphatic heterocycles. The Kier molecular flexibility index (Phi) is 5.05. The van der Waals surface area contributed by atoms with Crippen LogP contribution in [0.3, 0.4) is 0 Å². The van der Waals surface area contributed by atoms with E-state index in [1.165, 1.54) is 0 Å². The van der Waals surface area contributed by atoms with E-state index < -0.39 is 0 Å². The van der Waals surface area contributed by atoms with Crippen molar-refractivity contribution in [2.75, 3.05) is 13.2 Å². The number of carbonyl (C=O) groups is 1. The average molecular weight is 214 g/mol. The zero-order chi connectivity index (χ0) is 11.3. The third kappa shape index (κ3) is 4.62. The van der Waals surface area contributed by atoms with Gasteiger partial charge in [-0.3, -0.25) is 4.79 Å². The number of nitrogens with one attached hydrogen (secondary N) is 1. The first-order chi connectivity index (χ1) is 7.09. The monoisotopic (exact) mass is 214 g/mol. The maximum atomic E-state index is 11.5. The van der Waals surface area contributed by atoms with Crippen LogP contribution in [-0.2, 0) is 9.53 Å². The minimum Gasteiger partial charge on any atom is -0.376 e. The van der Waals surface area contributed by atoms with E-state index in [4.69, 9.17) is 10.5 Å². The van der Waals surface area contributed by atoms with Crippen LogP contribution in [0, 0.1) is 5.92 Å². The molecule has 0 radical (unpaired) electrons. The maximum absolute atomic E-state index is 11.5. The molecule has 0 saturated carbocycles. The van der Waals surface area contributed by atoms with Crippen LogP contribution < -0.4 is 11.1 Å². The summed E-state index contributed by atoms with van der Waals surface area (Å²) in [4.78, 5) is 11.5. The molecule has 1 rings (SSSR count). The number of hydrogen-bond donors (Lipinski definition) is 2. The number of carbonyl (C=O) groups excluding carboxylic acids is 1. The highest BCUT2D eigenvalue weighted by atomic mass is 16.5. The minimum atomic E-state index is -0.383. The summed E-state index contributed by atoms with van der Waals surface area (Å²) in [6, 6.07) is -0.383. The van der Waals surface area contributed by atoms with Crippen LogP contribution in [0.15, 0.2) is 0 Å². The Morgan fingerprint density at radius 1 is 1.60 bits per heavy atom. The van der Waals surface area contributed by atoms with E-state index in [0.717, 1.165) is 25.9 Å². The van der Waals surface area contributed by atoms with Gasteiger partial charge in [0.1, 0.15) is 0 Å². The second kappa shape index (κ2) is 6.08. The van der Waals surface area contributed by atoms with Gasteiger partial charge in [0.2, 0.25) is 5.91 Å². The second-order valence-corrected chi connectivity index (χ2v) is 4.62. The molecule has 0 aromatic carbocycles. The third-order valence-corrected chi connectivity index (χ3v) is 2.59. The second-order valence-electron chi connectivity index (χ2n) is 4.62. The van der Waals surface area contributed by atoms with Crippen LogP contribution in [0.2, 0.25) is 0 Å². The molecule has 2 atom stereocenters. The fourth-order valence-corrected chi connectivity index (χ4v) is 1.77. The lowest BCUT2D eigenvalue weighted by molar-refractivity contribution is -0.123. The molecule has 4 nitrogen and oxygen atoms in total. The predicted octanol–water partition coefficient (Wildman–Crippen LogP) is 0.655. The highest BCUT2D eigenvalue weighted by molar-refractivity contribution is 5.81. The Labute approximate surface area is 91.5 Å². The van der Waals surface area contributed by atoms with Crippen LogP contribution >= 0.6 is 0 Å². The zero-order valence-corrected chi connectivity index (χ0v) is 9.66. The first-order valence-electron chi connectivity index (χ1n) is 5.74. The number of nitrogens with two attached hydrogens (primary N) is 1. The van der Waals surface area contributed by atoms with Crippen molar-refractivity contribution in [2.45, 2.75) is 45.3 Å². The van der Waals surface area contributed by atoms with Crippen molar-refractivity contribution < 1.29 is 9.53 Å². The molecule has 0 aromatic rings. The van der Waals surface area contributed by atoms with E-state index in [0.29, 0.717) is 12.5 Å². The normalized spacial score (nSPS) is 23.1. The zero-order valence-electron chi connectivity index (χ0n) is 9.66. The number of amides is 1. The van der Waals surface area contributed by atoms with Crippen molar-refractivity contribution in [3.8, 4) is 0 Å². The van der Waals surface area contributed by atoms with E-state index in [9.17, 15) is 4.79 Å². The summed E-state index contributed by atoms with van der Waals surface area (Å²) in [7, 11) is 0. The minimum absolute atomic E-state index is 0.0563. The molecular formula is C11H22N2O2. The molecule has 0 aliphatic carbocycles. The summed E-state index contributed by atoms with van der Waals surface area (Å²) in [6.45, 7) is 5.55. The van der Waals surface area contributed by atoms with Gasteiger partial charge in [0.25, 0.3) is 0 Å². The average Bonchev–Trinajstić information content (AvgIpc) is 2.65. The first-order valence-corrected chi connectivity index (χ1v) is 5.74. The van der Waals surface area contributed by atoms with Gasteiger partial charge in [-0.25, -0.2) is 0 Å². The van der Waals surface area contributed by atoms with Gasteiger partial charge in [0.15, 0.2) is 0 Å². The summed E-state index contributed by atoms with van der Waals surface area (Å²) in [5, 5.41) is 2.84. The van der Waals surface area contributed by atoms with Crippen LogP contribution in [0.25, 0.3) is 0 Å². The topological polar surface area (TPSA) is 64.4 Å². The number of rotatable bonds is 5. The Hall–Kier alpha value is -0.610. The van der Waals surface area contributed by atoms with Crippen LogP contribution in [-0.4, -0.2) is 31.2 Å². The molecule has 0 aromatic heterocycles. The lowest BCUT2D eigenvalue weighted by Gasteiger charge is -2.16.